The third-order valence-corrected chi connectivity index (χ3v) is 2.28. The van der Waals surface area contributed by atoms with E-state index in [4.69, 9.17) is 4.74 Å². The number of hydrogen-bond donors (Lipinski definition) is 1. The van der Waals surface area contributed by atoms with Crippen LogP contribution in [0, 0.1) is 6.92 Å². The molecule has 1 N–H and O–H groups in total. The average Bonchev–Trinajstić information content (AvgIpc) is 2.19. The van der Waals surface area contributed by atoms with Crippen molar-refractivity contribution in [3.63, 3.8) is 0 Å². The summed E-state index contributed by atoms with van der Waals surface area (Å²) in [7, 11) is 3.94. The molecular weight excluding hydrogens is 216 g/mol. The lowest BCUT2D eigenvalue weighted by Gasteiger charge is -2.17. The van der Waals surface area contributed by atoms with Crippen molar-refractivity contribution in [2.45, 2.75) is 26.9 Å². The Kier molecular flexibility index (Phi) is 4.37. The lowest BCUT2D eigenvalue weighted by Crippen LogP contribution is -2.18. The first-order valence-electron chi connectivity index (χ1n) is 5.65. The third kappa shape index (κ3) is 3.98. The van der Waals surface area contributed by atoms with Gasteiger partial charge in [-0.3, -0.25) is 5.32 Å². The summed E-state index contributed by atoms with van der Waals surface area (Å²) in [6.07, 6.45) is -0.540. The number of rotatable bonds is 3. The van der Waals surface area contributed by atoms with Crippen molar-refractivity contribution in [2.75, 3.05) is 24.3 Å². The zero-order chi connectivity index (χ0) is 13.0. The minimum absolute atomic E-state index is 0.117. The second-order valence-corrected chi connectivity index (χ2v) is 4.47. The van der Waals surface area contributed by atoms with Gasteiger partial charge in [-0.2, -0.15) is 0 Å². The maximum absolute atomic E-state index is 11.4. The first-order chi connectivity index (χ1) is 7.90. The highest BCUT2D eigenvalue weighted by atomic mass is 16.6. The quantitative estimate of drug-likeness (QED) is 0.877. The van der Waals surface area contributed by atoms with Crippen LogP contribution in [0.2, 0.25) is 0 Å². The summed E-state index contributed by atoms with van der Waals surface area (Å²) in [6.45, 7) is 5.67. The van der Waals surface area contributed by atoms with E-state index < -0.39 is 6.09 Å². The normalized spacial score (nSPS) is 10.2. The van der Waals surface area contributed by atoms with E-state index in [1.165, 1.54) is 0 Å². The van der Waals surface area contributed by atoms with Gasteiger partial charge in [-0.15, -0.1) is 0 Å². The van der Waals surface area contributed by atoms with Crippen LogP contribution >= 0.6 is 0 Å². The molecule has 0 aromatic heterocycles. The third-order valence-electron chi connectivity index (χ3n) is 2.28. The Labute approximate surface area is 103 Å². The molecule has 1 aromatic rings. The Morgan fingerprint density at radius 1 is 1.35 bits per heavy atom. The molecule has 0 saturated carbocycles. The van der Waals surface area contributed by atoms with Gasteiger partial charge in [-0.25, -0.2) is 4.79 Å². The fraction of sp³-hybridized carbons (Fsp3) is 0.462. The van der Waals surface area contributed by atoms with Crippen molar-refractivity contribution in [1.29, 1.82) is 0 Å². The lowest BCUT2D eigenvalue weighted by atomic mass is 10.1. The van der Waals surface area contributed by atoms with Gasteiger partial charge in [0.25, 0.3) is 0 Å². The molecule has 0 heterocycles. The van der Waals surface area contributed by atoms with Gasteiger partial charge in [0.05, 0.1) is 6.10 Å². The average molecular weight is 236 g/mol. The van der Waals surface area contributed by atoms with Gasteiger partial charge >= 0.3 is 6.09 Å². The van der Waals surface area contributed by atoms with Gasteiger partial charge in [-0.05, 0) is 38.5 Å². The SMILES string of the molecule is Cc1ccc(NC(=O)OC(C)C)cc1N(C)C. The van der Waals surface area contributed by atoms with Gasteiger partial charge in [-0.1, -0.05) is 6.07 Å². The van der Waals surface area contributed by atoms with Crippen LogP contribution in [0.3, 0.4) is 0 Å². The summed E-state index contributed by atoms with van der Waals surface area (Å²) in [5.74, 6) is 0. The molecule has 0 spiro atoms. The van der Waals surface area contributed by atoms with E-state index in [0.717, 1.165) is 16.9 Å². The summed E-state index contributed by atoms with van der Waals surface area (Å²) >= 11 is 0. The molecule has 1 rings (SSSR count). The van der Waals surface area contributed by atoms with Gasteiger partial charge in [0.15, 0.2) is 0 Å². The molecule has 17 heavy (non-hydrogen) atoms. The van der Waals surface area contributed by atoms with Gasteiger partial charge < -0.3 is 9.64 Å². The maximum atomic E-state index is 11.4. The number of carbonyl (C=O) groups is 1. The van der Waals surface area contributed by atoms with Crippen molar-refractivity contribution in [3.05, 3.63) is 23.8 Å². The molecule has 4 nitrogen and oxygen atoms in total. The molecule has 0 aliphatic rings. The van der Waals surface area contributed by atoms with Crippen LogP contribution in [-0.2, 0) is 4.74 Å². The minimum Gasteiger partial charge on any atom is -0.447 e. The highest BCUT2D eigenvalue weighted by molar-refractivity contribution is 5.85. The van der Waals surface area contributed by atoms with Gasteiger partial charge in [0.2, 0.25) is 0 Å². The van der Waals surface area contributed by atoms with E-state index in [0.29, 0.717) is 0 Å². The minimum atomic E-state index is -0.423. The van der Waals surface area contributed by atoms with Crippen LogP contribution in [0.1, 0.15) is 19.4 Å². The van der Waals surface area contributed by atoms with Crippen molar-refractivity contribution >= 4 is 17.5 Å². The summed E-state index contributed by atoms with van der Waals surface area (Å²) < 4.78 is 5.02. The molecule has 0 aliphatic heterocycles. The number of amides is 1. The van der Waals surface area contributed by atoms with E-state index in [9.17, 15) is 4.79 Å². The number of nitrogens with one attached hydrogen (secondary N) is 1. The molecule has 0 radical (unpaired) electrons. The van der Waals surface area contributed by atoms with Crippen molar-refractivity contribution < 1.29 is 9.53 Å². The van der Waals surface area contributed by atoms with E-state index in [2.05, 4.69) is 5.32 Å². The number of nitrogens with zero attached hydrogens (tertiary/aromatic N) is 1. The fourth-order valence-electron chi connectivity index (χ4n) is 1.53. The fourth-order valence-corrected chi connectivity index (χ4v) is 1.53. The summed E-state index contributed by atoms with van der Waals surface area (Å²) in [5.41, 5.74) is 2.98. The van der Waals surface area contributed by atoms with E-state index in [-0.39, 0.29) is 6.10 Å². The number of carbonyl (C=O) groups excluding carboxylic acids is 1. The smallest absolute Gasteiger partial charge is 0.411 e. The van der Waals surface area contributed by atoms with Crippen molar-refractivity contribution in [2.24, 2.45) is 0 Å². The summed E-state index contributed by atoms with van der Waals surface area (Å²) in [5, 5.41) is 2.71. The first kappa shape index (κ1) is 13.4. The molecule has 0 aliphatic carbocycles. The molecular formula is C13H20N2O2. The number of benzene rings is 1. The van der Waals surface area contributed by atoms with Gasteiger partial charge in [0.1, 0.15) is 0 Å². The van der Waals surface area contributed by atoms with Crippen LogP contribution in [0.15, 0.2) is 18.2 Å². The molecule has 94 valence electrons. The zero-order valence-corrected chi connectivity index (χ0v) is 11.1. The number of anilines is 2. The van der Waals surface area contributed by atoms with Crippen LogP contribution < -0.4 is 10.2 Å². The first-order valence-corrected chi connectivity index (χ1v) is 5.65. The summed E-state index contributed by atoms with van der Waals surface area (Å²) in [4.78, 5) is 13.5. The van der Waals surface area contributed by atoms with E-state index >= 15 is 0 Å². The van der Waals surface area contributed by atoms with Crippen molar-refractivity contribution in [1.82, 2.24) is 0 Å². The predicted octanol–water partition coefficient (Wildman–Crippen LogP) is 3.02. The Morgan fingerprint density at radius 3 is 2.53 bits per heavy atom. The highest BCUT2D eigenvalue weighted by Crippen LogP contribution is 2.22. The topological polar surface area (TPSA) is 41.6 Å². The van der Waals surface area contributed by atoms with Crippen LogP contribution in [0.25, 0.3) is 0 Å². The van der Waals surface area contributed by atoms with Gasteiger partial charge in [0, 0.05) is 25.5 Å². The highest BCUT2D eigenvalue weighted by Gasteiger charge is 2.07. The molecule has 0 fully saturated rings. The Hall–Kier alpha value is -1.71. The second-order valence-electron chi connectivity index (χ2n) is 4.47. The molecule has 0 saturated heterocycles. The van der Waals surface area contributed by atoms with Crippen LogP contribution in [0.5, 0.6) is 0 Å². The molecule has 4 heteroatoms. The molecule has 1 amide bonds. The number of hydrogen-bond acceptors (Lipinski definition) is 3. The Balaban J connectivity index is 2.79. The second kappa shape index (κ2) is 5.57. The Morgan fingerprint density at radius 2 is 2.00 bits per heavy atom. The monoisotopic (exact) mass is 236 g/mol. The largest absolute Gasteiger partial charge is 0.447 e. The Bertz CT molecular complexity index is 400. The summed E-state index contributed by atoms with van der Waals surface area (Å²) in [6, 6.07) is 5.77. The van der Waals surface area contributed by atoms with Crippen molar-refractivity contribution in [3.8, 4) is 0 Å². The molecule has 1 aromatic carbocycles. The van der Waals surface area contributed by atoms with E-state index in [1.807, 2.05) is 58.0 Å². The lowest BCUT2D eigenvalue weighted by molar-refractivity contribution is 0.130. The molecule has 0 atom stereocenters. The number of ether oxygens (including phenoxy) is 1. The molecule has 0 unspecified atom stereocenters. The standard InChI is InChI=1S/C13H20N2O2/c1-9(2)17-13(16)14-11-7-6-10(3)12(8-11)15(4)5/h6-9H,1-5H3,(H,14,16). The predicted molar refractivity (Wildman–Crippen MR) is 70.7 cm³/mol. The van der Waals surface area contributed by atoms with Crippen LogP contribution in [-0.4, -0.2) is 26.3 Å². The van der Waals surface area contributed by atoms with Crippen LogP contribution in [0.4, 0.5) is 16.2 Å². The number of aryl methyl sites for hydroxylation is 1. The maximum Gasteiger partial charge on any atom is 0.411 e. The molecule has 0 bridgehead atoms. The zero-order valence-electron chi connectivity index (χ0n) is 11.1. The van der Waals surface area contributed by atoms with E-state index in [1.54, 1.807) is 0 Å².